The molecule has 2 bridgehead atoms. The summed E-state index contributed by atoms with van der Waals surface area (Å²) in [7, 11) is 0. The maximum Gasteiger partial charge on any atom is 0.257 e. The number of oxazole rings is 1. The molecule has 2 aromatic carbocycles. The molecule has 1 heterocycles. The van der Waals surface area contributed by atoms with Crippen molar-refractivity contribution in [2.24, 2.45) is 17.0 Å². The van der Waals surface area contributed by atoms with E-state index >= 15 is 0 Å². The van der Waals surface area contributed by atoms with E-state index in [1.807, 2.05) is 48.5 Å². The van der Waals surface area contributed by atoms with Gasteiger partial charge in [0.25, 0.3) is 5.22 Å². The Labute approximate surface area is 162 Å². The molecule has 0 saturated heterocycles. The Morgan fingerprint density at radius 2 is 1.67 bits per heavy atom. The van der Waals surface area contributed by atoms with Gasteiger partial charge in [-0.2, -0.15) is 0 Å². The first-order valence-corrected chi connectivity index (χ1v) is 10.2. The Hall–Kier alpha value is -2.53. The third kappa shape index (κ3) is 2.96. The number of fused-ring (bicyclic) bond motifs is 2. The maximum atomic E-state index is 9.48. The van der Waals surface area contributed by atoms with Crippen LogP contribution in [-0.2, 0) is 0 Å². The van der Waals surface area contributed by atoms with Crippen LogP contribution < -0.4 is 0 Å². The predicted octanol–water partition coefficient (Wildman–Crippen LogP) is 5.73. The topological polar surface area (TPSA) is 58.6 Å². The van der Waals surface area contributed by atoms with E-state index in [9.17, 15) is 5.21 Å². The number of hydrogen-bond donors (Lipinski definition) is 1. The standard InChI is InChI=1S/C22H20N2O2S/c25-24-19-16-11-12-17(13-16)21(19)27-22-23-18(14-7-3-1-4-8-14)20(26-22)15-9-5-2-6-10-15/h1-10,16-17,21,25H,11-13H2/b24-19+/t16-,17-,21-/m0/s1. The van der Waals surface area contributed by atoms with Crippen molar-refractivity contribution >= 4 is 17.5 Å². The predicted molar refractivity (Wildman–Crippen MR) is 107 cm³/mol. The van der Waals surface area contributed by atoms with Crippen molar-refractivity contribution in [2.75, 3.05) is 0 Å². The van der Waals surface area contributed by atoms with Crippen LogP contribution in [0.2, 0.25) is 0 Å². The van der Waals surface area contributed by atoms with E-state index in [0.717, 1.165) is 41.1 Å². The summed E-state index contributed by atoms with van der Waals surface area (Å²) in [5.74, 6) is 1.77. The van der Waals surface area contributed by atoms with Crippen molar-refractivity contribution in [3.8, 4) is 22.6 Å². The molecule has 27 heavy (non-hydrogen) atoms. The summed E-state index contributed by atoms with van der Waals surface area (Å²) in [5, 5.41) is 13.9. The van der Waals surface area contributed by atoms with Crippen molar-refractivity contribution in [3.63, 3.8) is 0 Å². The molecule has 0 aliphatic heterocycles. The van der Waals surface area contributed by atoms with Gasteiger partial charge in [-0.15, -0.1) is 0 Å². The summed E-state index contributed by atoms with van der Waals surface area (Å²) in [6, 6.07) is 20.2. The lowest BCUT2D eigenvalue weighted by Gasteiger charge is -2.20. The summed E-state index contributed by atoms with van der Waals surface area (Å²) in [5.41, 5.74) is 3.82. The normalized spacial score (nSPS) is 25.3. The van der Waals surface area contributed by atoms with Crippen LogP contribution in [0.3, 0.4) is 0 Å². The van der Waals surface area contributed by atoms with E-state index in [1.165, 1.54) is 6.42 Å². The molecule has 2 aliphatic rings. The zero-order valence-corrected chi connectivity index (χ0v) is 15.6. The molecule has 2 fully saturated rings. The summed E-state index contributed by atoms with van der Waals surface area (Å²) >= 11 is 1.60. The van der Waals surface area contributed by atoms with E-state index in [2.05, 4.69) is 17.3 Å². The van der Waals surface area contributed by atoms with Gasteiger partial charge < -0.3 is 9.62 Å². The minimum absolute atomic E-state index is 0.166. The molecule has 0 radical (unpaired) electrons. The van der Waals surface area contributed by atoms with Gasteiger partial charge in [-0.05, 0) is 25.2 Å². The average Bonchev–Trinajstić information content (AvgIpc) is 3.44. The Bertz CT molecular complexity index is 911. The molecule has 0 amide bonds. The van der Waals surface area contributed by atoms with Gasteiger partial charge in [-0.3, -0.25) is 0 Å². The number of hydrogen-bond acceptors (Lipinski definition) is 5. The quantitative estimate of drug-likeness (QED) is 0.467. The van der Waals surface area contributed by atoms with Gasteiger partial charge in [0, 0.05) is 17.0 Å². The summed E-state index contributed by atoms with van der Waals surface area (Å²) in [6.07, 6.45) is 3.45. The van der Waals surface area contributed by atoms with E-state index in [1.54, 1.807) is 11.8 Å². The monoisotopic (exact) mass is 376 g/mol. The van der Waals surface area contributed by atoms with Crippen LogP contribution >= 0.6 is 11.8 Å². The largest absolute Gasteiger partial charge is 0.431 e. The van der Waals surface area contributed by atoms with Gasteiger partial charge in [-0.25, -0.2) is 4.98 Å². The van der Waals surface area contributed by atoms with E-state index in [4.69, 9.17) is 9.40 Å². The lowest BCUT2D eigenvalue weighted by atomic mass is 9.98. The zero-order valence-electron chi connectivity index (χ0n) is 14.8. The first kappa shape index (κ1) is 16.6. The molecule has 2 saturated carbocycles. The van der Waals surface area contributed by atoms with Gasteiger partial charge >= 0.3 is 0 Å². The first-order valence-electron chi connectivity index (χ1n) is 9.33. The van der Waals surface area contributed by atoms with Crippen molar-refractivity contribution in [1.82, 2.24) is 4.98 Å². The molecule has 3 atom stereocenters. The number of thioether (sulfide) groups is 1. The molecule has 5 heteroatoms. The maximum absolute atomic E-state index is 9.48. The van der Waals surface area contributed by atoms with Crippen LogP contribution in [0.25, 0.3) is 22.6 Å². The molecule has 1 aromatic heterocycles. The van der Waals surface area contributed by atoms with Crippen LogP contribution in [0.15, 0.2) is 75.5 Å². The van der Waals surface area contributed by atoms with Gasteiger partial charge in [0.15, 0.2) is 5.76 Å². The minimum Gasteiger partial charge on any atom is -0.431 e. The third-order valence-corrected chi connectivity index (χ3v) is 6.90. The highest BCUT2D eigenvalue weighted by atomic mass is 32.2. The van der Waals surface area contributed by atoms with Crippen LogP contribution in [0.5, 0.6) is 0 Å². The highest BCUT2D eigenvalue weighted by Crippen LogP contribution is 2.50. The number of nitrogens with zero attached hydrogens (tertiary/aromatic N) is 2. The van der Waals surface area contributed by atoms with E-state index < -0.39 is 0 Å². The molecular weight excluding hydrogens is 356 g/mol. The van der Waals surface area contributed by atoms with Gasteiger partial charge in [0.2, 0.25) is 0 Å². The highest BCUT2D eigenvalue weighted by Gasteiger charge is 2.46. The number of benzene rings is 2. The van der Waals surface area contributed by atoms with Crippen LogP contribution in [0.4, 0.5) is 0 Å². The molecule has 5 rings (SSSR count). The fraction of sp³-hybridized carbons (Fsp3) is 0.273. The van der Waals surface area contributed by atoms with Gasteiger partial charge in [0.1, 0.15) is 5.69 Å². The summed E-state index contributed by atoms with van der Waals surface area (Å²) < 4.78 is 6.23. The van der Waals surface area contributed by atoms with Crippen LogP contribution in [0, 0.1) is 11.8 Å². The van der Waals surface area contributed by atoms with Crippen molar-refractivity contribution in [2.45, 2.75) is 29.7 Å². The lowest BCUT2D eigenvalue weighted by Crippen LogP contribution is -2.24. The summed E-state index contributed by atoms with van der Waals surface area (Å²) in [4.78, 5) is 4.83. The fourth-order valence-corrected chi connectivity index (χ4v) is 5.66. The molecule has 0 spiro atoms. The molecule has 1 N–H and O–H groups in total. The number of aromatic nitrogens is 1. The minimum atomic E-state index is 0.166. The molecule has 0 unspecified atom stereocenters. The Morgan fingerprint density at radius 3 is 2.37 bits per heavy atom. The van der Waals surface area contributed by atoms with E-state index in [0.29, 0.717) is 17.1 Å². The third-order valence-electron chi connectivity index (χ3n) is 5.65. The molecule has 4 nitrogen and oxygen atoms in total. The number of rotatable bonds is 4. The van der Waals surface area contributed by atoms with Gasteiger partial charge in [-0.1, -0.05) is 77.6 Å². The summed E-state index contributed by atoms with van der Waals surface area (Å²) in [6.45, 7) is 0. The Kier molecular flexibility index (Phi) is 4.24. The molecule has 136 valence electrons. The second kappa shape index (κ2) is 6.89. The van der Waals surface area contributed by atoms with Crippen LogP contribution in [0.1, 0.15) is 19.3 Å². The molecule has 2 aliphatic carbocycles. The highest BCUT2D eigenvalue weighted by molar-refractivity contribution is 8.00. The number of oxime groups is 1. The first-order chi connectivity index (χ1) is 13.3. The SMILES string of the molecule is O/N=C1\[C@H]2CC[C@@H](C2)[C@@H]1Sc1nc(-c2ccccc2)c(-c2ccccc2)o1. The van der Waals surface area contributed by atoms with Crippen molar-refractivity contribution in [3.05, 3.63) is 60.7 Å². The molecule has 3 aromatic rings. The second-order valence-electron chi connectivity index (χ2n) is 7.22. The smallest absolute Gasteiger partial charge is 0.257 e. The average molecular weight is 376 g/mol. The molecular formula is C22H20N2O2S. The van der Waals surface area contributed by atoms with Crippen molar-refractivity contribution < 1.29 is 9.62 Å². The Morgan fingerprint density at radius 1 is 0.963 bits per heavy atom. The van der Waals surface area contributed by atoms with Crippen LogP contribution in [-0.4, -0.2) is 21.2 Å². The second-order valence-corrected chi connectivity index (χ2v) is 8.32. The fourth-order valence-electron chi connectivity index (χ4n) is 4.37. The zero-order chi connectivity index (χ0) is 18.2. The van der Waals surface area contributed by atoms with Gasteiger partial charge in [0.05, 0.1) is 11.0 Å². The lowest BCUT2D eigenvalue weighted by molar-refractivity contribution is 0.313. The van der Waals surface area contributed by atoms with E-state index in [-0.39, 0.29) is 5.25 Å². The Balaban J connectivity index is 1.54. The van der Waals surface area contributed by atoms with Crippen molar-refractivity contribution in [1.29, 1.82) is 0 Å².